The minimum Gasteiger partial charge on any atom is -0.382 e. The zero-order valence-electron chi connectivity index (χ0n) is 10.3. The Morgan fingerprint density at radius 2 is 2.29 bits per heavy atom. The lowest BCUT2D eigenvalue weighted by atomic mass is 10.1. The number of hydrogen-bond donors (Lipinski definition) is 2. The number of nitrogens with zero attached hydrogens (tertiary/aromatic N) is 2. The van der Waals surface area contributed by atoms with E-state index in [2.05, 4.69) is 16.8 Å². The van der Waals surface area contributed by atoms with Gasteiger partial charge in [-0.15, -0.1) is 0 Å². The number of nitrogens with two attached hydrogens (primary N) is 1. The van der Waals surface area contributed by atoms with E-state index in [-0.39, 0.29) is 5.84 Å². The quantitative estimate of drug-likeness (QED) is 0.606. The molecule has 1 aromatic heterocycles. The summed E-state index contributed by atoms with van der Waals surface area (Å²) in [5.74, 6) is 0.0528. The van der Waals surface area contributed by atoms with E-state index in [0.29, 0.717) is 11.7 Å². The molecule has 2 rings (SSSR count). The maximum atomic E-state index is 7.60. The van der Waals surface area contributed by atoms with Gasteiger partial charge in [-0.3, -0.25) is 10.4 Å². The lowest BCUT2D eigenvalue weighted by Gasteiger charge is -2.30. The van der Waals surface area contributed by atoms with Gasteiger partial charge in [0, 0.05) is 18.8 Å². The van der Waals surface area contributed by atoms with E-state index in [1.165, 1.54) is 25.7 Å². The van der Waals surface area contributed by atoms with Gasteiger partial charge < -0.3 is 10.6 Å². The molecule has 1 aliphatic rings. The standard InChI is InChI=1S/C13H20N4/c1-10-6-3-2-4-9-17(10)11-7-5-8-16-12(11)13(14)15/h5,7-8,10H,2-4,6,9H2,1H3,(H3,14,15). The van der Waals surface area contributed by atoms with Crippen LogP contribution < -0.4 is 10.6 Å². The first-order chi connectivity index (χ1) is 8.20. The van der Waals surface area contributed by atoms with Gasteiger partial charge in [-0.05, 0) is 31.9 Å². The van der Waals surface area contributed by atoms with Crippen LogP contribution in [0.5, 0.6) is 0 Å². The second kappa shape index (κ2) is 5.17. The largest absolute Gasteiger partial charge is 0.382 e. The number of hydrogen-bond acceptors (Lipinski definition) is 3. The Morgan fingerprint density at radius 1 is 1.47 bits per heavy atom. The number of rotatable bonds is 2. The monoisotopic (exact) mass is 232 g/mol. The topological polar surface area (TPSA) is 66.0 Å². The molecule has 3 N–H and O–H groups in total. The summed E-state index contributed by atoms with van der Waals surface area (Å²) in [7, 11) is 0. The molecular formula is C13H20N4. The van der Waals surface area contributed by atoms with Crippen LogP contribution in [0.1, 0.15) is 38.3 Å². The van der Waals surface area contributed by atoms with Crippen molar-refractivity contribution in [2.45, 2.75) is 38.6 Å². The minimum absolute atomic E-state index is 0.0528. The van der Waals surface area contributed by atoms with Crippen LogP contribution in [0.25, 0.3) is 0 Å². The van der Waals surface area contributed by atoms with Gasteiger partial charge in [-0.25, -0.2) is 0 Å². The molecule has 0 spiro atoms. The fraction of sp³-hybridized carbons (Fsp3) is 0.538. The van der Waals surface area contributed by atoms with E-state index in [1.807, 2.05) is 12.1 Å². The van der Waals surface area contributed by atoms with Crippen molar-refractivity contribution in [2.75, 3.05) is 11.4 Å². The summed E-state index contributed by atoms with van der Waals surface area (Å²) in [5.41, 5.74) is 7.22. The predicted octanol–water partition coefficient (Wildman–Crippen LogP) is 2.13. The maximum absolute atomic E-state index is 7.60. The first kappa shape index (κ1) is 11.9. The van der Waals surface area contributed by atoms with Crippen molar-refractivity contribution < 1.29 is 0 Å². The molecule has 4 nitrogen and oxygen atoms in total. The molecular weight excluding hydrogens is 212 g/mol. The van der Waals surface area contributed by atoms with Crippen molar-refractivity contribution >= 4 is 11.5 Å². The molecule has 4 heteroatoms. The Hall–Kier alpha value is -1.58. The van der Waals surface area contributed by atoms with Gasteiger partial charge in [0.25, 0.3) is 0 Å². The van der Waals surface area contributed by atoms with Crippen LogP contribution in [0.2, 0.25) is 0 Å². The molecule has 0 bridgehead atoms. The van der Waals surface area contributed by atoms with Crippen LogP contribution in [0.3, 0.4) is 0 Å². The molecule has 0 amide bonds. The van der Waals surface area contributed by atoms with E-state index >= 15 is 0 Å². The second-order valence-corrected chi connectivity index (χ2v) is 4.68. The normalized spacial score (nSPS) is 21.0. The van der Waals surface area contributed by atoms with E-state index in [4.69, 9.17) is 11.1 Å². The Bertz CT molecular complexity index is 402. The van der Waals surface area contributed by atoms with E-state index in [9.17, 15) is 0 Å². The number of amidine groups is 1. The van der Waals surface area contributed by atoms with Crippen LogP contribution in [-0.2, 0) is 0 Å². The fourth-order valence-electron chi connectivity index (χ4n) is 2.47. The Morgan fingerprint density at radius 3 is 3.06 bits per heavy atom. The first-order valence-electron chi connectivity index (χ1n) is 6.26. The average Bonchev–Trinajstić information content (AvgIpc) is 2.54. The third kappa shape index (κ3) is 2.57. The van der Waals surface area contributed by atoms with Crippen LogP contribution in [0, 0.1) is 5.41 Å². The summed E-state index contributed by atoms with van der Waals surface area (Å²) in [6.45, 7) is 3.27. The Labute approximate surface area is 102 Å². The highest BCUT2D eigenvalue weighted by Crippen LogP contribution is 2.25. The molecule has 1 saturated heterocycles. The van der Waals surface area contributed by atoms with E-state index in [0.717, 1.165) is 12.2 Å². The number of nitrogens with one attached hydrogen (secondary N) is 1. The van der Waals surface area contributed by atoms with Crippen molar-refractivity contribution in [1.82, 2.24) is 4.98 Å². The highest BCUT2D eigenvalue weighted by atomic mass is 15.2. The zero-order chi connectivity index (χ0) is 12.3. The van der Waals surface area contributed by atoms with Gasteiger partial charge in [-0.2, -0.15) is 0 Å². The molecule has 0 aliphatic carbocycles. The average molecular weight is 232 g/mol. The summed E-state index contributed by atoms with van der Waals surface area (Å²) >= 11 is 0. The van der Waals surface area contributed by atoms with Crippen molar-refractivity contribution in [3.05, 3.63) is 24.0 Å². The van der Waals surface area contributed by atoms with Crippen molar-refractivity contribution in [3.63, 3.8) is 0 Å². The highest BCUT2D eigenvalue weighted by molar-refractivity contribution is 5.98. The maximum Gasteiger partial charge on any atom is 0.143 e. The van der Waals surface area contributed by atoms with Crippen LogP contribution in [-0.4, -0.2) is 23.4 Å². The Kier molecular flexibility index (Phi) is 3.61. The molecule has 1 atom stereocenters. The molecule has 2 heterocycles. The third-order valence-corrected chi connectivity index (χ3v) is 3.40. The fourth-order valence-corrected chi connectivity index (χ4v) is 2.47. The van der Waals surface area contributed by atoms with Gasteiger partial charge in [0.2, 0.25) is 0 Å². The summed E-state index contributed by atoms with van der Waals surface area (Å²) in [6, 6.07) is 4.44. The number of nitrogen functional groups attached to an aromatic ring is 1. The Balaban J connectivity index is 2.34. The number of pyridine rings is 1. The summed E-state index contributed by atoms with van der Waals surface area (Å²) < 4.78 is 0. The molecule has 0 saturated carbocycles. The summed E-state index contributed by atoms with van der Waals surface area (Å²) in [4.78, 5) is 6.57. The van der Waals surface area contributed by atoms with Gasteiger partial charge >= 0.3 is 0 Å². The van der Waals surface area contributed by atoms with Crippen LogP contribution >= 0.6 is 0 Å². The molecule has 1 aromatic rings. The predicted molar refractivity (Wildman–Crippen MR) is 70.5 cm³/mol. The molecule has 17 heavy (non-hydrogen) atoms. The van der Waals surface area contributed by atoms with Crippen molar-refractivity contribution in [2.24, 2.45) is 5.73 Å². The van der Waals surface area contributed by atoms with Crippen LogP contribution in [0.15, 0.2) is 18.3 Å². The van der Waals surface area contributed by atoms with Gasteiger partial charge in [0.1, 0.15) is 11.5 Å². The number of aromatic nitrogens is 1. The van der Waals surface area contributed by atoms with Crippen molar-refractivity contribution in [1.29, 1.82) is 5.41 Å². The SMILES string of the molecule is CC1CCCCCN1c1cccnc1C(=N)N. The van der Waals surface area contributed by atoms with Crippen molar-refractivity contribution in [3.8, 4) is 0 Å². The van der Waals surface area contributed by atoms with E-state index in [1.54, 1.807) is 6.20 Å². The van der Waals surface area contributed by atoms with Crippen LogP contribution in [0.4, 0.5) is 5.69 Å². The third-order valence-electron chi connectivity index (χ3n) is 3.40. The molecule has 1 fully saturated rings. The van der Waals surface area contributed by atoms with Gasteiger partial charge in [0.15, 0.2) is 0 Å². The highest BCUT2D eigenvalue weighted by Gasteiger charge is 2.20. The zero-order valence-corrected chi connectivity index (χ0v) is 10.3. The summed E-state index contributed by atoms with van der Waals surface area (Å²) in [5, 5.41) is 7.60. The molecule has 1 aliphatic heterocycles. The molecule has 0 radical (unpaired) electrons. The van der Waals surface area contributed by atoms with E-state index < -0.39 is 0 Å². The number of anilines is 1. The first-order valence-corrected chi connectivity index (χ1v) is 6.26. The molecule has 0 aromatic carbocycles. The molecule has 1 unspecified atom stereocenters. The van der Waals surface area contributed by atoms with Gasteiger partial charge in [-0.1, -0.05) is 12.8 Å². The smallest absolute Gasteiger partial charge is 0.143 e. The minimum atomic E-state index is 0.0528. The summed E-state index contributed by atoms with van der Waals surface area (Å²) in [6.07, 6.45) is 6.68. The lowest BCUT2D eigenvalue weighted by molar-refractivity contribution is 0.615. The second-order valence-electron chi connectivity index (χ2n) is 4.68. The lowest BCUT2D eigenvalue weighted by Crippen LogP contribution is -2.34. The van der Waals surface area contributed by atoms with Gasteiger partial charge in [0.05, 0.1) is 5.69 Å². The molecule has 92 valence electrons.